The molecule has 2 saturated carbocycles. The quantitative estimate of drug-likeness (QED) is 0.160. The Labute approximate surface area is 197 Å². The van der Waals surface area contributed by atoms with Crippen molar-refractivity contribution in [3.8, 4) is 0 Å². The summed E-state index contributed by atoms with van der Waals surface area (Å²) in [6, 6.07) is 1.95. The third kappa shape index (κ3) is 6.25. The Morgan fingerprint density at radius 2 is 2.03 bits per heavy atom. The fourth-order valence-electron chi connectivity index (χ4n) is 3.31. The molecule has 1 heterocycles. The average molecular weight is 522 g/mol. The second-order valence-electron chi connectivity index (χ2n) is 8.51. The first-order valence-corrected chi connectivity index (χ1v) is 12.0. The SMILES string of the molecule is O=S(=O)(NC1CCC1)OCC1(CNc2nonc2C(=Nc2ccc(F)c(C(F)(F)F)c2)NO)CC1. The van der Waals surface area contributed by atoms with Crippen LogP contribution in [-0.2, 0) is 20.7 Å². The van der Waals surface area contributed by atoms with Crippen LogP contribution < -0.4 is 15.5 Å². The maximum absolute atomic E-state index is 13.5. The number of benzene rings is 1. The van der Waals surface area contributed by atoms with Gasteiger partial charge in [-0.3, -0.25) is 14.9 Å². The van der Waals surface area contributed by atoms with Gasteiger partial charge in [0.1, 0.15) is 5.82 Å². The summed E-state index contributed by atoms with van der Waals surface area (Å²) in [5.41, 5.74) is -0.787. The highest BCUT2D eigenvalue weighted by molar-refractivity contribution is 7.84. The number of amidine groups is 1. The van der Waals surface area contributed by atoms with E-state index in [-0.39, 0.29) is 36.4 Å². The molecule has 2 aliphatic carbocycles. The van der Waals surface area contributed by atoms with Crippen molar-refractivity contribution >= 4 is 27.6 Å². The van der Waals surface area contributed by atoms with Crippen LogP contribution in [0.15, 0.2) is 27.8 Å². The molecule has 0 amide bonds. The van der Waals surface area contributed by atoms with Gasteiger partial charge in [-0.05, 0) is 54.2 Å². The lowest BCUT2D eigenvalue weighted by Gasteiger charge is -2.26. The second-order valence-corrected chi connectivity index (χ2v) is 9.89. The Hall–Kier alpha value is -2.82. The van der Waals surface area contributed by atoms with E-state index in [1.54, 1.807) is 5.48 Å². The Bertz CT molecular complexity index is 1190. The lowest BCUT2D eigenvalue weighted by Crippen LogP contribution is -2.41. The minimum absolute atomic E-state index is 0.00909. The molecule has 35 heavy (non-hydrogen) atoms. The largest absolute Gasteiger partial charge is 0.419 e. The van der Waals surface area contributed by atoms with E-state index in [9.17, 15) is 31.2 Å². The molecule has 2 aromatic rings. The molecule has 2 aliphatic rings. The second kappa shape index (κ2) is 9.67. The molecule has 0 radical (unpaired) electrons. The van der Waals surface area contributed by atoms with Gasteiger partial charge in [-0.1, -0.05) is 6.42 Å². The first kappa shape index (κ1) is 25.3. The third-order valence-electron chi connectivity index (χ3n) is 5.84. The average Bonchev–Trinajstić information content (AvgIpc) is 3.40. The normalized spacial score (nSPS) is 18.3. The maximum Gasteiger partial charge on any atom is 0.419 e. The number of aliphatic imine (C=N–C) groups is 1. The number of hydrogen-bond acceptors (Lipinski definition) is 9. The van der Waals surface area contributed by atoms with Gasteiger partial charge >= 0.3 is 16.5 Å². The van der Waals surface area contributed by atoms with Gasteiger partial charge in [0.15, 0.2) is 11.5 Å². The molecule has 11 nitrogen and oxygen atoms in total. The molecule has 192 valence electrons. The van der Waals surface area contributed by atoms with E-state index in [0.29, 0.717) is 25.0 Å². The van der Waals surface area contributed by atoms with Crippen LogP contribution in [0, 0.1) is 11.2 Å². The zero-order valence-electron chi connectivity index (χ0n) is 18.1. The molecule has 1 aromatic heterocycles. The third-order valence-corrected chi connectivity index (χ3v) is 6.89. The molecule has 0 atom stereocenters. The number of nitrogens with one attached hydrogen (secondary N) is 3. The van der Waals surface area contributed by atoms with Crippen molar-refractivity contribution in [3.05, 3.63) is 35.3 Å². The van der Waals surface area contributed by atoms with Gasteiger partial charge in [0.2, 0.25) is 5.82 Å². The molecule has 0 unspecified atom stereocenters. The molecule has 2 fully saturated rings. The number of alkyl halides is 3. The number of hydroxylamine groups is 1. The summed E-state index contributed by atoms with van der Waals surface area (Å²) in [6.07, 6.45) is -1.08. The first-order valence-electron chi connectivity index (χ1n) is 10.6. The maximum atomic E-state index is 13.5. The number of hydrogen-bond donors (Lipinski definition) is 4. The van der Waals surface area contributed by atoms with Crippen LogP contribution in [0.5, 0.6) is 0 Å². The summed E-state index contributed by atoms with van der Waals surface area (Å²) < 4.78 is 88.8. The lowest BCUT2D eigenvalue weighted by molar-refractivity contribution is -0.139. The standard InChI is InChI=1S/C19H22F4N6O5S/c20-14-5-4-12(8-13(14)19(21,22)23)25-17(26-30)15-16(28-34-27-15)24-9-18(6-7-18)10-33-35(31,32)29-11-2-1-3-11/h4-5,8,11,29-30H,1-3,6-7,9-10H2,(H,24,28)(H,25,26). The summed E-state index contributed by atoms with van der Waals surface area (Å²) in [4.78, 5) is 3.84. The van der Waals surface area contributed by atoms with Crippen LogP contribution in [-0.4, -0.2) is 49.0 Å². The van der Waals surface area contributed by atoms with Crippen molar-refractivity contribution in [2.24, 2.45) is 10.4 Å². The highest BCUT2D eigenvalue weighted by atomic mass is 32.2. The van der Waals surface area contributed by atoms with Crippen LogP contribution in [0.1, 0.15) is 43.4 Å². The topological polar surface area (TPSA) is 151 Å². The van der Waals surface area contributed by atoms with Crippen molar-refractivity contribution in [1.82, 2.24) is 20.5 Å². The molecule has 4 rings (SSSR count). The van der Waals surface area contributed by atoms with Gasteiger partial charge in [-0.2, -0.15) is 26.3 Å². The van der Waals surface area contributed by atoms with Crippen LogP contribution in [0.4, 0.5) is 29.1 Å². The number of nitrogens with zero attached hydrogens (tertiary/aromatic N) is 3. The Morgan fingerprint density at radius 3 is 2.63 bits per heavy atom. The smallest absolute Gasteiger partial charge is 0.365 e. The van der Waals surface area contributed by atoms with Gasteiger partial charge < -0.3 is 5.32 Å². The Kier molecular flexibility index (Phi) is 6.99. The van der Waals surface area contributed by atoms with Crippen molar-refractivity contribution in [2.45, 2.75) is 44.3 Å². The lowest BCUT2D eigenvalue weighted by atomic mass is 9.94. The van der Waals surface area contributed by atoms with Gasteiger partial charge in [0.25, 0.3) is 0 Å². The molecule has 0 bridgehead atoms. The van der Waals surface area contributed by atoms with Crippen LogP contribution in [0.2, 0.25) is 0 Å². The van der Waals surface area contributed by atoms with E-state index in [1.165, 1.54) is 0 Å². The number of aromatic nitrogens is 2. The minimum Gasteiger partial charge on any atom is -0.365 e. The zero-order valence-corrected chi connectivity index (χ0v) is 18.9. The molecule has 0 saturated heterocycles. The summed E-state index contributed by atoms with van der Waals surface area (Å²) in [6.45, 7) is 0.137. The summed E-state index contributed by atoms with van der Waals surface area (Å²) in [5, 5.41) is 19.6. The summed E-state index contributed by atoms with van der Waals surface area (Å²) in [7, 11) is -3.88. The molecule has 0 spiro atoms. The van der Waals surface area contributed by atoms with E-state index in [1.807, 2.05) is 0 Å². The summed E-state index contributed by atoms with van der Waals surface area (Å²) in [5.74, 6) is -1.89. The van der Waals surface area contributed by atoms with Crippen LogP contribution >= 0.6 is 0 Å². The summed E-state index contributed by atoms with van der Waals surface area (Å²) >= 11 is 0. The molecular weight excluding hydrogens is 500 g/mol. The molecule has 16 heteroatoms. The predicted molar refractivity (Wildman–Crippen MR) is 113 cm³/mol. The van der Waals surface area contributed by atoms with E-state index >= 15 is 0 Å². The van der Waals surface area contributed by atoms with Gasteiger partial charge in [-0.15, -0.1) is 0 Å². The van der Waals surface area contributed by atoms with Gasteiger partial charge in [0.05, 0.1) is 17.9 Å². The van der Waals surface area contributed by atoms with Gasteiger partial charge in [0, 0.05) is 18.0 Å². The monoisotopic (exact) mass is 522 g/mol. The van der Waals surface area contributed by atoms with Crippen LogP contribution in [0.25, 0.3) is 0 Å². The van der Waals surface area contributed by atoms with E-state index < -0.39 is 39.1 Å². The Balaban J connectivity index is 1.42. The Morgan fingerprint density at radius 1 is 1.29 bits per heavy atom. The van der Waals surface area contributed by atoms with Crippen molar-refractivity contribution in [2.75, 3.05) is 18.5 Å². The van der Waals surface area contributed by atoms with Crippen molar-refractivity contribution in [3.63, 3.8) is 0 Å². The van der Waals surface area contributed by atoms with Gasteiger partial charge in [-0.25, -0.2) is 14.0 Å². The predicted octanol–water partition coefficient (Wildman–Crippen LogP) is 2.88. The van der Waals surface area contributed by atoms with E-state index in [4.69, 9.17) is 4.18 Å². The molecule has 0 aliphatic heterocycles. The van der Waals surface area contributed by atoms with Crippen molar-refractivity contribution < 1.29 is 40.0 Å². The van der Waals surface area contributed by atoms with Crippen LogP contribution in [0.3, 0.4) is 0 Å². The first-order chi connectivity index (χ1) is 16.5. The molecule has 4 N–H and O–H groups in total. The zero-order chi connectivity index (χ0) is 25.3. The van der Waals surface area contributed by atoms with Crippen molar-refractivity contribution in [1.29, 1.82) is 0 Å². The number of halogens is 4. The molecule has 1 aromatic carbocycles. The highest BCUT2D eigenvalue weighted by Crippen LogP contribution is 2.46. The highest BCUT2D eigenvalue weighted by Gasteiger charge is 2.44. The number of anilines is 1. The number of rotatable bonds is 10. The molecular formula is C19H22F4N6O5S. The minimum atomic E-state index is -4.94. The van der Waals surface area contributed by atoms with E-state index in [2.05, 4.69) is 30.0 Å². The fourth-order valence-corrected chi connectivity index (χ4v) is 4.42. The fraction of sp³-hybridized carbons (Fsp3) is 0.526. The van der Waals surface area contributed by atoms with E-state index in [0.717, 1.165) is 25.3 Å².